The van der Waals surface area contributed by atoms with Crippen LogP contribution in [-0.2, 0) is 39.8 Å². The van der Waals surface area contributed by atoms with E-state index in [0.717, 1.165) is 22.6 Å². The minimum absolute atomic E-state index is 0. The van der Waals surface area contributed by atoms with Crippen molar-refractivity contribution in [1.82, 2.24) is 9.13 Å². The van der Waals surface area contributed by atoms with Gasteiger partial charge in [-0.15, -0.1) is 37.1 Å². The van der Waals surface area contributed by atoms with Gasteiger partial charge in [-0.3, -0.25) is 5.57 Å². The number of rotatable bonds is 6. The van der Waals surface area contributed by atoms with Gasteiger partial charge < -0.3 is 10.6 Å². The molecule has 3 aromatic carbocycles. The molecule has 0 bridgehead atoms. The Bertz CT molecular complexity index is 1620. The summed E-state index contributed by atoms with van der Waals surface area (Å²) in [5.41, 5.74) is 11.0. The first-order chi connectivity index (χ1) is 18.2. The van der Waals surface area contributed by atoms with Crippen LogP contribution in [0.3, 0.4) is 0 Å². The first-order valence-corrected chi connectivity index (χ1v) is 13.6. The minimum atomic E-state index is 0. The summed E-state index contributed by atoms with van der Waals surface area (Å²) in [6.45, 7) is 15.5. The molecule has 0 spiro atoms. The van der Waals surface area contributed by atoms with E-state index in [1.807, 2.05) is 6.92 Å². The fraction of sp³-hybridized carbons (Fsp3) is 0.286. The molecule has 0 aliphatic rings. The van der Waals surface area contributed by atoms with Gasteiger partial charge >= 0.3 is 5.95 Å². The van der Waals surface area contributed by atoms with Crippen molar-refractivity contribution in [3.05, 3.63) is 108 Å². The normalized spacial score (nSPS) is 12.0. The molecular formula is C35H38N3Y-. The van der Waals surface area contributed by atoms with Crippen molar-refractivity contribution < 1.29 is 37.3 Å². The molecule has 2 heterocycles. The van der Waals surface area contributed by atoms with Crippen LogP contribution in [0.4, 0.5) is 0 Å². The first kappa shape index (κ1) is 29.2. The van der Waals surface area contributed by atoms with Crippen molar-refractivity contribution in [1.29, 1.82) is 0 Å². The van der Waals surface area contributed by atoms with Crippen molar-refractivity contribution in [3.8, 4) is 22.8 Å². The van der Waals surface area contributed by atoms with Gasteiger partial charge in [0.25, 0.3) is 0 Å². The summed E-state index contributed by atoms with van der Waals surface area (Å²) in [5, 5.41) is 1.12. The number of imidazole rings is 1. The molecule has 3 nitrogen and oxygen atoms in total. The van der Waals surface area contributed by atoms with Crippen LogP contribution >= 0.6 is 0 Å². The van der Waals surface area contributed by atoms with Gasteiger partial charge in [0, 0.05) is 38.2 Å². The Labute approximate surface area is 259 Å². The Balaban J connectivity index is 0.00000353. The molecule has 5 aromatic rings. The van der Waals surface area contributed by atoms with Gasteiger partial charge in [0.15, 0.2) is 0 Å². The standard InChI is InChI=1S/C35H38N3.Y/c1-9-25(6)32-22-28-17-13-14-26(7)33(28)38(32)35-36(8)18-19-37(35)34-30(23(2)3)20-29(21-31(34)24(4)5)27-15-11-10-12-16-27;/h10-21,23-24H,1-8H3;/q-1;. The summed E-state index contributed by atoms with van der Waals surface area (Å²) in [7, 11) is 2.14. The molecule has 0 fully saturated rings. The molecule has 0 saturated heterocycles. The SMILES string of the molecule is C[C-]=C(C)c1[c-]c2cccc(C)c2n1-c1n(-c2c(C(C)C)cc(-c3ccccc3)cc2C(C)C)cc[n+]1C.[Y]. The number of nitrogens with zero attached hydrogens (tertiary/aromatic N) is 3. The summed E-state index contributed by atoms with van der Waals surface area (Å²) in [5.74, 6) is 1.80. The monoisotopic (exact) mass is 589 g/mol. The minimum Gasteiger partial charge on any atom is -0.335 e. The molecule has 0 unspecified atom stereocenters. The maximum atomic E-state index is 3.69. The smallest absolute Gasteiger partial charge is 0.335 e. The fourth-order valence-corrected chi connectivity index (χ4v) is 5.48. The van der Waals surface area contributed by atoms with Crippen LogP contribution in [0.2, 0.25) is 0 Å². The van der Waals surface area contributed by atoms with Gasteiger partial charge in [-0.25, -0.2) is 15.2 Å². The fourth-order valence-electron chi connectivity index (χ4n) is 5.48. The molecule has 0 atom stereocenters. The van der Waals surface area contributed by atoms with Crippen LogP contribution in [0.15, 0.2) is 73.1 Å². The van der Waals surface area contributed by atoms with Crippen molar-refractivity contribution in [3.63, 3.8) is 0 Å². The largest absolute Gasteiger partial charge is 0.347 e. The van der Waals surface area contributed by atoms with Crippen molar-refractivity contribution in [2.24, 2.45) is 7.05 Å². The zero-order valence-electron chi connectivity index (χ0n) is 24.5. The van der Waals surface area contributed by atoms with Gasteiger partial charge in [-0.2, -0.15) is 0 Å². The Morgan fingerprint density at radius 2 is 1.54 bits per heavy atom. The van der Waals surface area contributed by atoms with Crippen LogP contribution < -0.4 is 4.57 Å². The summed E-state index contributed by atoms with van der Waals surface area (Å²) >= 11 is 0. The van der Waals surface area contributed by atoms with Gasteiger partial charge in [-0.05, 0) is 53.1 Å². The Morgan fingerprint density at radius 1 is 0.897 bits per heavy atom. The van der Waals surface area contributed by atoms with Crippen LogP contribution in [0.5, 0.6) is 0 Å². The summed E-state index contributed by atoms with van der Waals surface area (Å²) in [6.07, 6.45) is 7.75. The third kappa shape index (κ3) is 5.24. The number of benzene rings is 3. The Morgan fingerprint density at radius 3 is 2.13 bits per heavy atom. The zero-order chi connectivity index (χ0) is 27.1. The van der Waals surface area contributed by atoms with E-state index < -0.39 is 0 Å². The first-order valence-electron chi connectivity index (χ1n) is 13.6. The quantitative estimate of drug-likeness (QED) is 0.139. The number of hydrogen-bond acceptors (Lipinski definition) is 0. The second kappa shape index (κ2) is 11.8. The molecule has 2 aromatic heterocycles. The molecule has 39 heavy (non-hydrogen) atoms. The zero-order valence-corrected chi connectivity index (χ0v) is 27.3. The van der Waals surface area contributed by atoms with E-state index in [1.54, 1.807) is 0 Å². The number of hydrogen-bond donors (Lipinski definition) is 0. The molecule has 0 N–H and O–H groups in total. The maximum absolute atomic E-state index is 3.69. The average Bonchev–Trinajstić information content (AvgIpc) is 3.48. The van der Waals surface area contributed by atoms with Gasteiger partial charge in [0.2, 0.25) is 0 Å². The second-order valence-corrected chi connectivity index (χ2v) is 10.9. The van der Waals surface area contributed by atoms with E-state index in [1.165, 1.54) is 39.0 Å². The molecule has 0 saturated carbocycles. The molecule has 0 amide bonds. The van der Waals surface area contributed by atoms with Gasteiger partial charge in [-0.1, -0.05) is 69.7 Å². The van der Waals surface area contributed by atoms with E-state index in [0.29, 0.717) is 11.8 Å². The van der Waals surface area contributed by atoms with E-state index in [9.17, 15) is 0 Å². The summed E-state index contributed by atoms with van der Waals surface area (Å²) in [6, 6.07) is 25.7. The molecule has 1 radical (unpaired) electrons. The molecule has 4 heteroatoms. The average molecular weight is 590 g/mol. The molecule has 197 valence electrons. The Kier molecular flexibility index (Phi) is 8.83. The van der Waals surface area contributed by atoms with Gasteiger partial charge in [0.1, 0.15) is 11.9 Å². The number of allylic oxidation sites excluding steroid dienone is 2. The number of aromatic nitrogens is 3. The van der Waals surface area contributed by atoms with E-state index in [2.05, 4.69) is 147 Å². The van der Waals surface area contributed by atoms with Crippen LogP contribution in [-0.4, -0.2) is 9.13 Å². The van der Waals surface area contributed by atoms with Gasteiger partial charge in [0.05, 0.1) is 13.2 Å². The predicted octanol–water partition coefficient (Wildman–Crippen LogP) is 8.49. The maximum Gasteiger partial charge on any atom is 0.347 e. The number of fused-ring (bicyclic) bond motifs is 1. The Hall–Kier alpha value is -2.75. The summed E-state index contributed by atoms with van der Waals surface area (Å²) < 4.78 is 6.99. The summed E-state index contributed by atoms with van der Waals surface area (Å²) in [4.78, 5) is 0. The molecule has 5 rings (SSSR count). The third-order valence-electron chi connectivity index (χ3n) is 7.60. The molecule has 0 aliphatic carbocycles. The second-order valence-electron chi connectivity index (χ2n) is 10.9. The van der Waals surface area contributed by atoms with Crippen LogP contribution in [0.1, 0.15) is 75.8 Å². The predicted molar refractivity (Wildman–Crippen MR) is 159 cm³/mol. The topological polar surface area (TPSA) is 13.7 Å². The van der Waals surface area contributed by atoms with E-state index >= 15 is 0 Å². The van der Waals surface area contributed by atoms with Crippen molar-refractivity contribution >= 4 is 16.5 Å². The van der Waals surface area contributed by atoms with E-state index in [4.69, 9.17) is 0 Å². The van der Waals surface area contributed by atoms with Crippen molar-refractivity contribution in [2.45, 2.75) is 60.3 Å². The van der Waals surface area contributed by atoms with Crippen molar-refractivity contribution in [2.75, 3.05) is 0 Å². The van der Waals surface area contributed by atoms with E-state index in [-0.39, 0.29) is 32.7 Å². The molecular weight excluding hydrogens is 551 g/mol. The molecule has 0 aliphatic heterocycles. The van der Waals surface area contributed by atoms with Crippen LogP contribution in [0, 0.1) is 19.1 Å². The third-order valence-corrected chi connectivity index (χ3v) is 7.60. The van der Waals surface area contributed by atoms with Crippen LogP contribution in [0.25, 0.3) is 39.2 Å². The number of para-hydroxylation sites is 1. The number of aryl methyl sites for hydroxylation is 2.